The molecule has 0 radical (unpaired) electrons. The van der Waals surface area contributed by atoms with Crippen LogP contribution in [0.4, 0.5) is 0 Å². The lowest BCUT2D eigenvalue weighted by Crippen LogP contribution is -2.05. The lowest BCUT2D eigenvalue weighted by Gasteiger charge is -2.17. The zero-order valence-electron chi connectivity index (χ0n) is 17.3. The van der Waals surface area contributed by atoms with Gasteiger partial charge < -0.3 is 0 Å². The molecule has 0 heterocycles. The van der Waals surface area contributed by atoms with Gasteiger partial charge in [0, 0.05) is 11.3 Å². The van der Waals surface area contributed by atoms with Gasteiger partial charge in [0.05, 0.1) is 4.90 Å². The highest BCUT2D eigenvalue weighted by Crippen LogP contribution is 2.48. The van der Waals surface area contributed by atoms with Crippen molar-refractivity contribution in [1.82, 2.24) is 0 Å². The molecule has 1 aromatic carbocycles. The molecule has 0 spiro atoms. The van der Waals surface area contributed by atoms with Gasteiger partial charge in [-0.3, -0.25) is 0 Å². The van der Waals surface area contributed by atoms with Gasteiger partial charge in [-0.25, -0.2) is 8.42 Å². The number of sulfone groups is 1. The molecule has 0 saturated carbocycles. The Balaban J connectivity index is 0.00000176. The number of allylic oxidation sites excluding steroid dienone is 7. The fourth-order valence-corrected chi connectivity index (χ4v) is 3.86. The Bertz CT molecular complexity index is 867. The molecule has 1 aliphatic carbocycles. The average molecular weight is 407 g/mol. The maximum absolute atomic E-state index is 11.7. The largest absolute Gasteiger partial charge is 0.224 e. The summed E-state index contributed by atoms with van der Waals surface area (Å²) >= 11 is 6.01. The van der Waals surface area contributed by atoms with Crippen molar-refractivity contribution in [3.05, 3.63) is 70.8 Å². The van der Waals surface area contributed by atoms with E-state index in [0.29, 0.717) is 9.93 Å². The summed E-state index contributed by atoms with van der Waals surface area (Å²) in [6.07, 6.45) is 8.66. The van der Waals surface area contributed by atoms with E-state index in [1.165, 1.54) is 23.0 Å². The van der Waals surface area contributed by atoms with Crippen molar-refractivity contribution < 1.29 is 8.42 Å². The van der Waals surface area contributed by atoms with Crippen LogP contribution in [-0.4, -0.2) is 14.7 Å². The van der Waals surface area contributed by atoms with Gasteiger partial charge in [-0.2, -0.15) is 0 Å². The minimum Gasteiger partial charge on any atom is -0.224 e. The lowest BCUT2D eigenvalue weighted by atomic mass is 9.87. The zero-order valence-corrected chi connectivity index (χ0v) is 18.8. The highest BCUT2D eigenvalue weighted by Gasteiger charge is 2.31. The van der Waals surface area contributed by atoms with E-state index in [4.69, 9.17) is 11.6 Å². The molecule has 2 nitrogen and oxygen atoms in total. The molecule has 27 heavy (non-hydrogen) atoms. The lowest BCUT2D eigenvalue weighted by molar-refractivity contribution is 0.398. The predicted octanol–water partition coefficient (Wildman–Crippen LogP) is 6.94. The van der Waals surface area contributed by atoms with Crippen LogP contribution in [0.2, 0.25) is 0 Å². The van der Waals surface area contributed by atoms with Crippen LogP contribution < -0.4 is 0 Å². The summed E-state index contributed by atoms with van der Waals surface area (Å²) in [7, 11) is -3.18. The van der Waals surface area contributed by atoms with Crippen molar-refractivity contribution in [2.45, 2.75) is 52.4 Å². The van der Waals surface area contributed by atoms with Gasteiger partial charge in [0.25, 0.3) is 0 Å². The van der Waals surface area contributed by atoms with Gasteiger partial charge in [-0.1, -0.05) is 70.2 Å². The first-order chi connectivity index (χ1) is 12.5. The summed E-state index contributed by atoms with van der Waals surface area (Å²) in [6, 6.07) is 7.20. The second-order valence-corrected chi connectivity index (χ2v) is 9.83. The topological polar surface area (TPSA) is 34.1 Å². The van der Waals surface area contributed by atoms with E-state index in [1.807, 2.05) is 38.1 Å². The van der Waals surface area contributed by atoms with E-state index in [1.54, 1.807) is 18.2 Å². The van der Waals surface area contributed by atoms with E-state index in [2.05, 4.69) is 27.4 Å². The van der Waals surface area contributed by atoms with E-state index in [9.17, 15) is 8.42 Å². The predicted molar refractivity (Wildman–Crippen MR) is 119 cm³/mol. The standard InChI is InChI=1S/C21H25ClO2S.C2H6/c1-6-17(22)10-7-15(2)19-13-21(3,4)14-20(19)16-8-11-18(12-9-16)25(5,23)24;1-2/h6-12H,1,13-14H2,2-5H3;1-2H3/b15-7+,17-10+;. The van der Waals surface area contributed by atoms with Crippen LogP contribution in [0.15, 0.2) is 70.1 Å². The molecule has 0 aromatic heterocycles. The first kappa shape index (κ1) is 23.5. The van der Waals surface area contributed by atoms with Crippen LogP contribution >= 0.6 is 11.6 Å². The second-order valence-electron chi connectivity index (χ2n) is 7.38. The Morgan fingerprint density at radius 2 is 1.67 bits per heavy atom. The summed E-state index contributed by atoms with van der Waals surface area (Å²) in [6.45, 7) is 14.3. The van der Waals surface area contributed by atoms with Crippen molar-refractivity contribution in [3.8, 4) is 0 Å². The van der Waals surface area contributed by atoms with Crippen molar-refractivity contribution in [2.75, 3.05) is 6.26 Å². The van der Waals surface area contributed by atoms with Gasteiger partial charge in [0.1, 0.15) is 0 Å². The molecule has 1 aliphatic rings. The summed E-state index contributed by atoms with van der Waals surface area (Å²) in [5.74, 6) is 0. The maximum atomic E-state index is 11.7. The van der Waals surface area contributed by atoms with Crippen molar-refractivity contribution in [2.24, 2.45) is 5.41 Å². The molecule has 4 heteroatoms. The number of hydrogen-bond donors (Lipinski definition) is 0. The zero-order chi connectivity index (χ0) is 20.8. The Labute approximate surface area is 170 Å². The van der Waals surface area contributed by atoms with Gasteiger partial charge in [-0.05, 0) is 65.7 Å². The highest BCUT2D eigenvalue weighted by atomic mass is 35.5. The van der Waals surface area contributed by atoms with Crippen molar-refractivity contribution >= 4 is 27.0 Å². The Morgan fingerprint density at radius 1 is 1.11 bits per heavy atom. The molecule has 0 aliphatic heterocycles. The van der Waals surface area contributed by atoms with Crippen LogP contribution in [0.25, 0.3) is 5.57 Å². The fourth-order valence-electron chi connectivity index (χ4n) is 3.16. The third-order valence-corrected chi connectivity index (χ3v) is 5.88. The first-order valence-electron chi connectivity index (χ1n) is 9.23. The smallest absolute Gasteiger partial charge is 0.175 e. The molecule has 0 fully saturated rings. The van der Waals surface area contributed by atoms with E-state index >= 15 is 0 Å². The van der Waals surface area contributed by atoms with Crippen LogP contribution in [0.3, 0.4) is 0 Å². The third-order valence-electron chi connectivity index (χ3n) is 4.47. The third kappa shape index (κ3) is 6.51. The van der Waals surface area contributed by atoms with Crippen molar-refractivity contribution in [1.29, 1.82) is 0 Å². The molecule has 0 bridgehead atoms. The Morgan fingerprint density at radius 3 is 2.15 bits per heavy atom. The molecule has 0 unspecified atom stereocenters. The molecular formula is C23H31ClO2S. The minimum absolute atomic E-state index is 0.182. The molecular weight excluding hydrogens is 376 g/mol. The molecule has 148 valence electrons. The Hall–Kier alpha value is -1.58. The number of benzene rings is 1. The summed E-state index contributed by atoms with van der Waals surface area (Å²) in [4.78, 5) is 0.351. The second kappa shape index (κ2) is 9.57. The summed E-state index contributed by atoms with van der Waals surface area (Å²) in [5.41, 5.74) is 5.03. The molecule has 0 amide bonds. The fraction of sp³-hybridized carbons (Fsp3) is 0.391. The molecule has 0 N–H and O–H groups in total. The van der Waals surface area contributed by atoms with Crippen LogP contribution in [0, 0.1) is 5.41 Å². The quantitative estimate of drug-likeness (QED) is 0.496. The molecule has 1 aromatic rings. The average Bonchev–Trinajstić information content (AvgIpc) is 2.96. The normalized spacial score (nSPS) is 17.4. The molecule has 0 saturated heterocycles. The number of hydrogen-bond acceptors (Lipinski definition) is 2. The van der Waals surface area contributed by atoms with E-state index in [-0.39, 0.29) is 5.41 Å². The van der Waals surface area contributed by atoms with Crippen molar-refractivity contribution in [3.63, 3.8) is 0 Å². The van der Waals surface area contributed by atoms with Gasteiger partial charge >= 0.3 is 0 Å². The minimum atomic E-state index is -3.18. The SMILES string of the molecule is C=C/C(Cl)=C\C=C(/C)C1=C(c2ccc(S(C)(=O)=O)cc2)CC(C)(C)C1.CC. The number of halogens is 1. The van der Waals surface area contributed by atoms with Crippen LogP contribution in [-0.2, 0) is 9.84 Å². The highest BCUT2D eigenvalue weighted by molar-refractivity contribution is 7.90. The number of rotatable bonds is 5. The maximum Gasteiger partial charge on any atom is 0.175 e. The van der Waals surface area contributed by atoms with E-state index < -0.39 is 9.84 Å². The monoisotopic (exact) mass is 406 g/mol. The summed E-state index contributed by atoms with van der Waals surface area (Å²) < 4.78 is 23.3. The van der Waals surface area contributed by atoms with E-state index in [0.717, 1.165) is 18.4 Å². The van der Waals surface area contributed by atoms with Crippen LogP contribution in [0.5, 0.6) is 0 Å². The first-order valence-corrected chi connectivity index (χ1v) is 11.5. The molecule has 0 atom stereocenters. The van der Waals surface area contributed by atoms with Crippen LogP contribution in [0.1, 0.15) is 53.0 Å². The Kier molecular flexibility index (Phi) is 8.31. The van der Waals surface area contributed by atoms with Gasteiger partial charge in [-0.15, -0.1) is 0 Å². The van der Waals surface area contributed by atoms with Gasteiger partial charge in [0.15, 0.2) is 9.84 Å². The molecule has 2 rings (SSSR count). The van der Waals surface area contributed by atoms with Gasteiger partial charge in [0.2, 0.25) is 0 Å². The summed E-state index contributed by atoms with van der Waals surface area (Å²) in [5, 5.41) is 0.608.